The first kappa shape index (κ1) is 43.8. The van der Waals surface area contributed by atoms with Crippen molar-refractivity contribution >= 4 is 90.1 Å². The first-order valence-corrected chi connectivity index (χ1v) is 23.8. The summed E-state index contributed by atoms with van der Waals surface area (Å²) in [4.78, 5) is 0. The molecule has 0 aliphatic rings. The minimum Gasteiger partial charge on any atom is -0.668 e. The molecule has 0 atom stereocenters. The van der Waals surface area contributed by atoms with E-state index in [2.05, 4.69) is 180 Å². The summed E-state index contributed by atoms with van der Waals surface area (Å²) in [7, 11) is 7.00. The van der Waals surface area contributed by atoms with E-state index in [1.807, 2.05) is 24.3 Å². The van der Waals surface area contributed by atoms with E-state index in [1.165, 1.54) is 0 Å². The van der Waals surface area contributed by atoms with Crippen molar-refractivity contribution in [1.82, 2.24) is 0 Å². The Bertz CT molecular complexity index is 2320. The van der Waals surface area contributed by atoms with Crippen molar-refractivity contribution in [3.8, 4) is 11.1 Å². The molecule has 0 saturated heterocycles. The van der Waals surface area contributed by atoms with Gasteiger partial charge < -0.3 is 20.8 Å². The van der Waals surface area contributed by atoms with Gasteiger partial charge in [-0.25, -0.2) is 0 Å². The van der Waals surface area contributed by atoms with Crippen molar-refractivity contribution in [3.05, 3.63) is 215 Å². The van der Waals surface area contributed by atoms with Crippen molar-refractivity contribution in [1.29, 1.82) is 0 Å². The van der Waals surface area contributed by atoms with Gasteiger partial charge in [0, 0.05) is 0 Å². The predicted molar refractivity (Wildman–Crippen MR) is 256 cm³/mol. The van der Waals surface area contributed by atoms with Gasteiger partial charge in [0.2, 0.25) is 0 Å². The summed E-state index contributed by atoms with van der Waals surface area (Å²) in [6, 6.07) is 67.2. The van der Waals surface area contributed by atoms with Crippen LogP contribution in [-0.4, -0.2) is 28.2 Å². The van der Waals surface area contributed by atoms with Gasteiger partial charge in [-0.2, -0.15) is 28.2 Å². The molecule has 0 amide bonds. The molecule has 0 unspecified atom stereocenters. The first-order chi connectivity index (χ1) is 27.4. The van der Waals surface area contributed by atoms with Crippen molar-refractivity contribution in [3.63, 3.8) is 0 Å². The SMILES string of the molecule is C[N-]C.C[N-]C.S=P([N-]c1ccc2ccccc2c1-c1c([N-]P(=S)(c2ccccc2)c2ccccc2)ccc2ccccc12)(c1ccccc1)c1ccccc1.[V+4]. The molecule has 8 aromatic carbocycles. The van der Waals surface area contributed by atoms with E-state index in [4.69, 9.17) is 33.8 Å². The Morgan fingerprint density at radius 3 is 0.860 bits per heavy atom. The van der Waals surface area contributed by atoms with Crippen molar-refractivity contribution < 1.29 is 18.6 Å². The molecular formula is C48H44N4P2S2V. The van der Waals surface area contributed by atoms with Crippen molar-refractivity contribution in [2.24, 2.45) is 0 Å². The van der Waals surface area contributed by atoms with Gasteiger partial charge in [-0.3, -0.25) is 0 Å². The molecule has 0 fully saturated rings. The molecule has 0 spiro atoms. The smallest absolute Gasteiger partial charge is 0.668 e. The van der Waals surface area contributed by atoms with Crippen LogP contribution in [-0.2, 0) is 42.2 Å². The van der Waals surface area contributed by atoms with Crippen LogP contribution in [0.4, 0.5) is 11.4 Å². The van der Waals surface area contributed by atoms with Crippen LogP contribution in [0.5, 0.6) is 0 Å². The van der Waals surface area contributed by atoms with Crippen molar-refractivity contribution in [2.45, 2.75) is 0 Å². The Hall–Kier alpha value is -4.32. The molecule has 0 saturated carbocycles. The molecule has 0 aliphatic carbocycles. The molecule has 0 N–H and O–H groups in total. The van der Waals surface area contributed by atoms with Crippen LogP contribution >= 0.6 is 12.4 Å². The zero-order valence-electron chi connectivity index (χ0n) is 32.4. The molecule has 283 valence electrons. The van der Waals surface area contributed by atoms with E-state index in [-0.39, 0.29) is 18.6 Å². The third-order valence-electron chi connectivity index (χ3n) is 8.99. The van der Waals surface area contributed by atoms with Crippen LogP contribution < -0.4 is 21.2 Å². The predicted octanol–water partition coefficient (Wildman–Crippen LogP) is 13.0. The molecule has 4 nitrogen and oxygen atoms in total. The average molecular weight is 854 g/mol. The quantitative estimate of drug-likeness (QED) is 0.136. The standard InChI is InChI=1S/C44H32N2P2S2.2C2H6N.V/c49-47(35-19-5-1-6-20-35,36-21-7-2-8-22-36)45-41-31-29-33-17-13-15-27-39(33)43(41)44-40-28-16-14-18-34(40)30-32-42(44)46-48(50,37-23-9-3-10-24-37)38-25-11-4-12-26-38;2*1-3-2;/h1-32H;2*1-2H3;/q-2;2*-1;+4. The third-order valence-corrected chi connectivity index (χ3v) is 17.0. The van der Waals surface area contributed by atoms with Gasteiger partial charge in [-0.05, 0) is 53.9 Å². The summed E-state index contributed by atoms with van der Waals surface area (Å²) in [6.45, 7) is 0. The number of benzene rings is 8. The largest absolute Gasteiger partial charge is 4.00 e. The molecule has 0 aromatic heterocycles. The van der Waals surface area contributed by atoms with E-state index in [1.54, 1.807) is 28.2 Å². The van der Waals surface area contributed by atoms with Gasteiger partial charge >= 0.3 is 18.6 Å². The number of fused-ring (bicyclic) bond motifs is 2. The maximum absolute atomic E-state index is 6.70. The van der Waals surface area contributed by atoms with Crippen LogP contribution in [0.1, 0.15) is 0 Å². The zero-order valence-corrected chi connectivity index (χ0v) is 37.2. The van der Waals surface area contributed by atoms with Gasteiger partial charge in [0.05, 0.1) is 0 Å². The van der Waals surface area contributed by atoms with Gasteiger partial charge in [0.15, 0.2) is 0 Å². The molecule has 57 heavy (non-hydrogen) atoms. The van der Waals surface area contributed by atoms with Gasteiger partial charge in [-0.15, -0.1) is 35.0 Å². The van der Waals surface area contributed by atoms with Gasteiger partial charge in [0.25, 0.3) is 0 Å². The summed E-state index contributed by atoms with van der Waals surface area (Å²) in [5.74, 6) is 0. The van der Waals surface area contributed by atoms with Crippen LogP contribution in [0.2, 0.25) is 0 Å². The first-order valence-electron chi connectivity index (χ1n) is 18.3. The zero-order chi connectivity index (χ0) is 39.4. The number of hydrogen-bond donors (Lipinski definition) is 0. The third kappa shape index (κ3) is 9.87. The Balaban J connectivity index is 0.000000835. The molecule has 0 heterocycles. The van der Waals surface area contributed by atoms with Crippen molar-refractivity contribution in [2.75, 3.05) is 28.2 Å². The molecule has 8 aromatic rings. The Morgan fingerprint density at radius 2 is 0.579 bits per heavy atom. The second-order valence-corrected chi connectivity index (χ2v) is 20.9. The maximum atomic E-state index is 6.70. The Morgan fingerprint density at radius 1 is 0.333 bits per heavy atom. The summed E-state index contributed by atoms with van der Waals surface area (Å²) in [6.07, 6.45) is -5.34. The van der Waals surface area contributed by atoms with E-state index in [9.17, 15) is 0 Å². The number of rotatable bonds is 9. The minimum absolute atomic E-state index is 0. The topological polar surface area (TPSA) is 56.4 Å². The molecule has 8 rings (SSSR count). The van der Waals surface area contributed by atoms with E-state index >= 15 is 0 Å². The normalized spacial score (nSPS) is 10.9. The second-order valence-electron chi connectivity index (χ2n) is 13.0. The summed E-state index contributed by atoms with van der Waals surface area (Å²) >= 11 is 13.4. The number of hydrogen-bond acceptors (Lipinski definition) is 2. The van der Waals surface area contributed by atoms with Gasteiger partial charge in [-0.1, -0.05) is 207 Å². The Kier molecular flexibility index (Phi) is 16.1. The molecular weight excluding hydrogens is 810 g/mol. The van der Waals surface area contributed by atoms with Crippen LogP contribution in [0.3, 0.4) is 0 Å². The van der Waals surface area contributed by atoms with E-state index in [0.29, 0.717) is 0 Å². The van der Waals surface area contributed by atoms with E-state index in [0.717, 1.165) is 65.3 Å². The van der Waals surface area contributed by atoms with Crippen LogP contribution in [0.25, 0.3) is 53.5 Å². The fourth-order valence-corrected chi connectivity index (χ4v) is 12.9. The number of nitrogens with zero attached hydrogens (tertiary/aromatic N) is 4. The maximum Gasteiger partial charge on any atom is 4.00 e. The summed E-state index contributed by atoms with van der Waals surface area (Å²) in [5.41, 5.74) is 3.73. The van der Waals surface area contributed by atoms with Gasteiger partial charge in [0.1, 0.15) is 0 Å². The molecule has 0 aliphatic heterocycles. The van der Waals surface area contributed by atoms with Crippen LogP contribution in [0, 0.1) is 0 Å². The summed E-state index contributed by atoms with van der Waals surface area (Å²) in [5, 5.41) is 27.0. The Labute approximate surface area is 360 Å². The fourth-order valence-electron chi connectivity index (χ4n) is 6.56. The minimum atomic E-state index is -2.67. The molecule has 1 radical (unpaired) electrons. The fraction of sp³-hybridized carbons (Fsp3) is 0.0833. The monoisotopic (exact) mass is 853 g/mol. The molecule has 0 bridgehead atoms. The summed E-state index contributed by atoms with van der Waals surface area (Å²) < 4.78 is 0. The van der Waals surface area contributed by atoms with E-state index < -0.39 is 12.4 Å². The molecule has 9 heteroatoms. The average Bonchev–Trinajstić information content (AvgIpc) is 3.25. The second kappa shape index (κ2) is 20.9. The van der Waals surface area contributed by atoms with Crippen LogP contribution in [0.15, 0.2) is 194 Å².